The van der Waals surface area contributed by atoms with E-state index in [1.807, 2.05) is 36.5 Å². The van der Waals surface area contributed by atoms with Crippen LogP contribution in [0.3, 0.4) is 0 Å². The molecular weight excluding hydrogens is 398 g/mol. The highest BCUT2D eigenvalue weighted by Crippen LogP contribution is 2.28. The van der Waals surface area contributed by atoms with Crippen LogP contribution in [-0.2, 0) is 5.41 Å². The highest BCUT2D eigenvalue weighted by molar-refractivity contribution is 5.95. The van der Waals surface area contributed by atoms with E-state index in [1.165, 1.54) is 5.56 Å². The maximum absolute atomic E-state index is 12.2. The summed E-state index contributed by atoms with van der Waals surface area (Å²) < 4.78 is 1.78. The monoisotopic (exact) mass is 425 g/mol. The van der Waals surface area contributed by atoms with Crippen LogP contribution >= 0.6 is 0 Å². The fourth-order valence-electron chi connectivity index (χ4n) is 3.66. The molecule has 0 atom stereocenters. The zero-order valence-electron chi connectivity index (χ0n) is 18.6. The van der Waals surface area contributed by atoms with Gasteiger partial charge in [0.1, 0.15) is 0 Å². The van der Waals surface area contributed by atoms with Crippen LogP contribution in [0.4, 0.5) is 11.6 Å². The fraction of sp³-hybridized carbons (Fsp3) is 0.269. The van der Waals surface area contributed by atoms with Gasteiger partial charge in [-0.1, -0.05) is 45.0 Å². The number of amides is 1. The Morgan fingerprint density at radius 3 is 2.38 bits per heavy atom. The van der Waals surface area contributed by atoms with Crippen molar-refractivity contribution in [3.8, 4) is 11.1 Å². The molecule has 1 aliphatic rings. The number of nitrogens with zero attached hydrogens (tertiary/aromatic N) is 3. The summed E-state index contributed by atoms with van der Waals surface area (Å²) >= 11 is 0. The topological polar surface area (TPSA) is 71.3 Å². The number of nitrogens with one attached hydrogen (secondary N) is 2. The smallest absolute Gasteiger partial charge is 0.251 e. The van der Waals surface area contributed by atoms with E-state index >= 15 is 0 Å². The van der Waals surface area contributed by atoms with Gasteiger partial charge in [0.05, 0.1) is 0 Å². The summed E-state index contributed by atoms with van der Waals surface area (Å²) in [4.78, 5) is 16.9. The fourth-order valence-corrected chi connectivity index (χ4v) is 3.66. The van der Waals surface area contributed by atoms with Gasteiger partial charge in [-0.15, -0.1) is 5.10 Å². The maximum Gasteiger partial charge on any atom is 0.251 e. The zero-order chi connectivity index (χ0) is 22.3. The molecular formula is C26H27N5O. The molecule has 5 rings (SSSR count). The van der Waals surface area contributed by atoms with E-state index in [2.05, 4.69) is 66.8 Å². The number of pyridine rings is 1. The summed E-state index contributed by atoms with van der Waals surface area (Å²) in [7, 11) is 0. The zero-order valence-corrected chi connectivity index (χ0v) is 18.6. The quantitative estimate of drug-likeness (QED) is 0.453. The van der Waals surface area contributed by atoms with Crippen molar-refractivity contribution in [2.75, 3.05) is 5.32 Å². The number of benzene rings is 2. The predicted octanol–water partition coefficient (Wildman–Crippen LogP) is 5.33. The Labute approximate surface area is 187 Å². The molecule has 2 aromatic carbocycles. The van der Waals surface area contributed by atoms with Gasteiger partial charge in [-0.2, -0.15) is 4.98 Å². The van der Waals surface area contributed by atoms with Gasteiger partial charge < -0.3 is 10.6 Å². The van der Waals surface area contributed by atoms with Crippen molar-refractivity contribution in [1.29, 1.82) is 0 Å². The minimum atomic E-state index is -0.0213. The minimum Gasteiger partial charge on any atom is -0.349 e. The van der Waals surface area contributed by atoms with Gasteiger partial charge in [0.2, 0.25) is 5.95 Å². The van der Waals surface area contributed by atoms with Gasteiger partial charge in [0, 0.05) is 29.1 Å². The normalized spacial score (nSPS) is 13.8. The summed E-state index contributed by atoms with van der Waals surface area (Å²) in [5.74, 6) is 0.492. The molecule has 1 amide bonds. The van der Waals surface area contributed by atoms with Crippen molar-refractivity contribution in [3.05, 3.63) is 78.0 Å². The Hall–Kier alpha value is -3.67. The molecule has 1 aliphatic carbocycles. The number of carbonyl (C=O) groups excluding carboxylic acids is 1. The molecule has 2 heterocycles. The van der Waals surface area contributed by atoms with Gasteiger partial charge in [-0.25, -0.2) is 4.52 Å². The summed E-state index contributed by atoms with van der Waals surface area (Å²) in [5, 5.41) is 10.8. The largest absolute Gasteiger partial charge is 0.349 e. The Balaban J connectivity index is 1.37. The molecule has 0 aliphatic heterocycles. The third-order valence-corrected chi connectivity index (χ3v) is 5.74. The molecule has 2 N–H and O–H groups in total. The third kappa shape index (κ3) is 4.21. The van der Waals surface area contributed by atoms with E-state index in [0.717, 1.165) is 35.3 Å². The van der Waals surface area contributed by atoms with Crippen LogP contribution in [0.1, 0.15) is 49.5 Å². The van der Waals surface area contributed by atoms with E-state index in [9.17, 15) is 4.79 Å². The van der Waals surface area contributed by atoms with Crippen molar-refractivity contribution in [3.63, 3.8) is 0 Å². The SMILES string of the molecule is CC(C)(C)c1ccc(-c2cccn3nc(Nc4ccc(C(=O)NC5CC5)cc4)nc23)cc1. The molecule has 0 bridgehead atoms. The second kappa shape index (κ2) is 7.79. The average Bonchev–Trinajstić information content (AvgIpc) is 3.49. The van der Waals surface area contributed by atoms with Crippen molar-refractivity contribution >= 4 is 23.2 Å². The van der Waals surface area contributed by atoms with E-state index < -0.39 is 0 Å². The molecule has 0 spiro atoms. The molecule has 4 aromatic rings. The van der Waals surface area contributed by atoms with Crippen LogP contribution in [-0.4, -0.2) is 26.5 Å². The van der Waals surface area contributed by atoms with Crippen molar-refractivity contribution in [2.45, 2.75) is 45.1 Å². The third-order valence-electron chi connectivity index (χ3n) is 5.74. The number of carbonyl (C=O) groups is 1. The average molecular weight is 426 g/mol. The molecule has 0 saturated heterocycles. The number of hydrogen-bond donors (Lipinski definition) is 2. The lowest BCUT2D eigenvalue weighted by Gasteiger charge is -2.19. The Morgan fingerprint density at radius 2 is 1.72 bits per heavy atom. The van der Waals surface area contributed by atoms with Gasteiger partial charge in [-0.05, 0) is 65.8 Å². The molecule has 6 nitrogen and oxygen atoms in total. The first-order chi connectivity index (χ1) is 15.4. The van der Waals surface area contributed by atoms with Crippen LogP contribution in [0.5, 0.6) is 0 Å². The lowest BCUT2D eigenvalue weighted by Crippen LogP contribution is -2.25. The summed E-state index contributed by atoms with van der Waals surface area (Å²) in [6.07, 6.45) is 4.05. The van der Waals surface area contributed by atoms with Crippen LogP contribution in [0.25, 0.3) is 16.8 Å². The number of fused-ring (bicyclic) bond motifs is 1. The van der Waals surface area contributed by atoms with Gasteiger partial charge >= 0.3 is 0 Å². The molecule has 0 unspecified atom stereocenters. The molecule has 0 radical (unpaired) electrons. The number of anilines is 2. The summed E-state index contributed by atoms with van der Waals surface area (Å²) in [5.41, 5.74) is 5.83. The highest BCUT2D eigenvalue weighted by atomic mass is 16.1. The molecule has 6 heteroatoms. The van der Waals surface area contributed by atoms with E-state index in [0.29, 0.717) is 17.6 Å². The molecule has 162 valence electrons. The lowest BCUT2D eigenvalue weighted by molar-refractivity contribution is 0.0951. The van der Waals surface area contributed by atoms with Crippen LogP contribution in [0, 0.1) is 0 Å². The second-order valence-electron chi connectivity index (χ2n) is 9.40. The first-order valence-corrected chi connectivity index (χ1v) is 11.0. The molecule has 2 aromatic heterocycles. The first-order valence-electron chi connectivity index (χ1n) is 11.0. The summed E-state index contributed by atoms with van der Waals surface area (Å²) in [6, 6.07) is 20.4. The lowest BCUT2D eigenvalue weighted by atomic mass is 9.86. The van der Waals surface area contributed by atoms with Gasteiger partial charge in [-0.3, -0.25) is 4.79 Å². The van der Waals surface area contributed by atoms with Crippen LogP contribution in [0.15, 0.2) is 66.9 Å². The highest BCUT2D eigenvalue weighted by Gasteiger charge is 2.23. The summed E-state index contributed by atoms with van der Waals surface area (Å²) in [6.45, 7) is 6.64. The van der Waals surface area contributed by atoms with E-state index in [-0.39, 0.29) is 11.3 Å². The van der Waals surface area contributed by atoms with Gasteiger partial charge in [0.15, 0.2) is 5.65 Å². The number of aromatic nitrogens is 3. The minimum absolute atomic E-state index is 0.0213. The Bertz CT molecular complexity index is 1260. The molecule has 32 heavy (non-hydrogen) atoms. The first kappa shape index (κ1) is 20.2. The van der Waals surface area contributed by atoms with Crippen molar-refractivity contribution in [2.24, 2.45) is 0 Å². The number of rotatable bonds is 5. The van der Waals surface area contributed by atoms with Crippen molar-refractivity contribution in [1.82, 2.24) is 19.9 Å². The maximum atomic E-state index is 12.2. The van der Waals surface area contributed by atoms with Crippen molar-refractivity contribution < 1.29 is 4.79 Å². The van der Waals surface area contributed by atoms with Gasteiger partial charge in [0.25, 0.3) is 5.91 Å². The van der Waals surface area contributed by atoms with E-state index in [1.54, 1.807) is 4.52 Å². The van der Waals surface area contributed by atoms with Crippen LogP contribution < -0.4 is 10.6 Å². The standard InChI is InChI=1S/C26H27N5O/c1-26(2,3)19-10-6-17(7-11-19)22-5-4-16-31-23(22)29-25(30-31)28-21-12-8-18(9-13-21)24(32)27-20-14-15-20/h4-13,16,20H,14-15H2,1-3H3,(H,27,32)(H,28,30). The van der Waals surface area contributed by atoms with Crippen LogP contribution in [0.2, 0.25) is 0 Å². The second-order valence-corrected chi connectivity index (χ2v) is 9.40. The number of hydrogen-bond acceptors (Lipinski definition) is 4. The molecule has 1 saturated carbocycles. The Kier molecular flexibility index (Phi) is 4.93. The molecule has 1 fully saturated rings. The van der Waals surface area contributed by atoms with E-state index in [4.69, 9.17) is 4.98 Å². The Morgan fingerprint density at radius 1 is 1.00 bits per heavy atom. The predicted molar refractivity (Wildman–Crippen MR) is 127 cm³/mol.